The molecule has 0 aliphatic carbocycles. The van der Waals surface area contributed by atoms with Crippen molar-refractivity contribution in [3.63, 3.8) is 0 Å². The topological polar surface area (TPSA) is 65.4 Å². The van der Waals surface area contributed by atoms with Crippen molar-refractivity contribution in [1.82, 2.24) is 14.9 Å². The number of aromatic nitrogens is 2. The minimum Gasteiger partial charge on any atom is -0.497 e. The first-order valence-corrected chi connectivity index (χ1v) is 12.1. The maximum absolute atomic E-state index is 12.9. The van der Waals surface area contributed by atoms with Gasteiger partial charge < -0.3 is 19.4 Å². The lowest BCUT2D eigenvalue weighted by Crippen LogP contribution is -2.28. The summed E-state index contributed by atoms with van der Waals surface area (Å²) in [5, 5.41) is 3.10. The Balaban J connectivity index is 1.43. The molecule has 4 aromatic rings. The fraction of sp³-hybridized carbons (Fsp3) is 0.310. The Morgan fingerprint density at radius 1 is 1.03 bits per heavy atom. The summed E-state index contributed by atoms with van der Waals surface area (Å²) in [4.78, 5) is 17.7. The van der Waals surface area contributed by atoms with Gasteiger partial charge in [-0.2, -0.15) is 0 Å². The van der Waals surface area contributed by atoms with Crippen molar-refractivity contribution in [2.75, 3.05) is 13.7 Å². The number of para-hydroxylation sites is 2. The van der Waals surface area contributed by atoms with Crippen LogP contribution >= 0.6 is 0 Å². The van der Waals surface area contributed by atoms with E-state index in [0.717, 1.165) is 47.6 Å². The molecule has 0 saturated heterocycles. The summed E-state index contributed by atoms with van der Waals surface area (Å²) in [7, 11) is 1.59. The van der Waals surface area contributed by atoms with Crippen molar-refractivity contribution in [3.05, 3.63) is 89.2 Å². The quantitative estimate of drug-likeness (QED) is 0.288. The Hall–Kier alpha value is -3.80. The van der Waals surface area contributed by atoms with Gasteiger partial charge in [-0.15, -0.1) is 0 Å². The number of rotatable bonds is 10. The van der Waals surface area contributed by atoms with Crippen molar-refractivity contribution in [3.8, 4) is 11.5 Å². The minimum atomic E-state index is -0.257. The number of ether oxygens (including phenoxy) is 2. The molecule has 35 heavy (non-hydrogen) atoms. The molecule has 1 unspecified atom stereocenters. The van der Waals surface area contributed by atoms with Crippen molar-refractivity contribution >= 4 is 16.9 Å². The van der Waals surface area contributed by atoms with E-state index in [1.807, 2.05) is 43.3 Å². The fourth-order valence-corrected chi connectivity index (χ4v) is 4.28. The highest BCUT2D eigenvalue weighted by Gasteiger charge is 2.19. The number of imidazole rings is 1. The number of fused-ring (bicyclic) bond motifs is 1. The number of unbranched alkanes of at least 4 members (excludes halogenated alkanes) is 1. The Labute approximate surface area is 206 Å². The molecule has 182 valence electrons. The van der Waals surface area contributed by atoms with Gasteiger partial charge in [0.25, 0.3) is 5.91 Å². The molecule has 0 spiro atoms. The number of methoxy groups -OCH3 is 1. The van der Waals surface area contributed by atoms with Crippen molar-refractivity contribution in [2.45, 2.75) is 46.2 Å². The van der Waals surface area contributed by atoms with E-state index >= 15 is 0 Å². The third kappa shape index (κ3) is 5.83. The second-order valence-corrected chi connectivity index (χ2v) is 8.86. The van der Waals surface area contributed by atoms with Crippen molar-refractivity contribution < 1.29 is 14.3 Å². The second-order valence-electron chi connectivity index (χ2n) is 8.86. The van der Waals surface area contributed by atoms with Crippen LogP contribution in [0, 0.1) is 13.8 Å². The van der Waals surface area contributed by atoms with Gasteiger partial charge in [0, 0.05) is 12.1 Å². The smallest absolute Gasteiger partial charge is 0.251 e. The molecular formula is C29H33N3O3. The molecule has 4 rings (SSSR count). The van der Waals surface area contributed by atoms with Crippen LogP contribution in [0.15, 0.2) is 66.7 Å². The number of carbonyl (C=O) groups is 1. The zero-order valence-electron chi connectivity index (χ0n) is 20.9. The largest absolute Gasteiger partial charge is 0.497 e. The van der Waals surface area contributed by atoms with Crippen LogP contribution in [0.3, 0.4) is 0 Å². The molecule has 1 atom stereocenters. The summed E-state index contributed by atoms with van der Waals surface area (Å²) in [5.74, 6) is 2.29. The van der Waals surface area contributed by atoms with Crippen LogP contribution in [-0.4, -0.2) is 29.2 Å². The van der Waals surface area contributed by atoms with E-state index < -0.39 is 0 Å². The first-order chi connectivity index (χ1) is 17.0. The van der Waals surface area contributed by atoms with Gasteiger partial charge in [0.2, 0.25) is 0 Å². The predicted molar refractivity (Wildman–Crippen MR) is 139 cm³/mol. The summed E-state index contributed by atoms with van der Waals surface area (Å²) in [5.41, 5.74) is 4.95. The lowest BCUT2D eigenvalue weighted by Gasteiger charge is -2.17. The number of nitrogens with one attached hydrogen (secondary N) is 1. The van der Waals surface area contributed by atoms with E-state index in [-0.39, 0.29) is 11.9 Å². The first-order valence-electron chi connectivity index (χ1n) is 12.1. The summed E-state index contributed by atoms with van der Waals surface area (Å²) in [6, 6.07) is 21.2. The normalized spacial score (nSPS) is 11.9. The molecule has 0 bridgehead atoms. The molecule has 0 aliphatic heterocycles. The minimum absolute atomic E-state index is 0.156. The lowest BCUT2D eigenvalue weighted by atomic mass is 10.1. The van der Waals surface area contributed by atoms with E-state index in [0.29, 0.717) is 17.9 Å². The van der Waals surface area contributed by atoms with Gasteiger partial charge in [-0.25, -0.2) is 4.98 Å². The van der Waals surface area contributed by atoms with E-state index in [4.69, 9.17) is 14.5 Å². The second kappa shape index (κ2) is 11.1. The van der Waals surface area contributed by atoms with Crippen LogP contribution in [0.2, 0.25) is 0 Å². The molecule has 0 saturated carbocycles. The molecule has 0 aliphatic rings. The van der Waals surface area contributed by atoms with Crippen LogP contribution in [0.4, 0.5) is 0 Å². The van der Waals surface area contributed by atoms with E-state index in [9.17, 15) is 4.79 Å². The van der Waals surface area contributed by atoms with Gasteiger partial charge in [0.15, 0.2) is 0 Å². The summed E-state index contributed by atoms with van der Waals surface area (Å²) >= 11 is 0. The summed E-state index contributed by atoms with van der Waals surface area (Å²) < 4.78 is 13.5. The zero-order chi connectivity index (χ0) is 24.8. The standard InChI is InChI=1S/C29H33N3O3/c1-20-14-15-27(21(2)18-20)35-17-8-7-16-32-26-13-6-5-12-25(26)31-28(32)22(3)30-29(33)23-10-9-11-24(19-23)34-4/h5-6,9-15,18-19,22H,7-8,16-17H2,1-4H3,(H,30,33). The van der Waals surface area contributed by atoms with Crippen LogP contribution in [0.1, 0.15) is 53.1 Å². The first kappa shape index (κ1) is 24.3. The third-order valence-electron chi connectivity index (χ3n) is 6.11. The molecule has 0 radical (unpaired) electrons. The highest BCUT2D eigenvalue weighted by atomic mass is 16.5. The number of carbonyl (C=O) groups excluding carboxylic acids is 1. The molecule has 1 amide bonds. The Kier molecular flexibility index (Phi) is 7.70. The fourth-order valence-electron chi connectivity index (χ4n) is 4.28. The molecule has 1 aromatic heterocycles. The van der Waals surface area contributed by atoms with E-state index in [1.54, 1.807) is 19.2 Å². The molecule has 0 fully saturated rings. The Morgan fingerprint density at radius 2 is 1.86 bits per heavy atom. The lowest BCUT2D eigenvalue weighted by molar-refractivity contribution is 0.0937. The highest BCUT2D eigenvalue weighted by molar-refractivity contribution is 5.94. The van der Waals surface area contributed by atoms with E-state index in [2.05, 4.69) is 41.9 Å². The number of hydrogen-bond acceptors (Lipinski definition) is 4. The van der Waals surface area contributed by atoms with Crippen molar-refractivity contribution in [2.24, 2.45) is 0 Å². The number of amides is 1. The van der Waals surface area contributed by atoms with E-state index in [1.165, 1.54) is 5.56 Å². The number of nitrogens with zero attached hydrogens (tertiary/aromatic N) is 2. The van der Waals surface area contributed by atoms with Crippen LogP contribution in [0.25, 0.3) is 11.0 Å². The molecule has 6 nitrogen and oxygen atoms in total. The molecule has 1 N–H and O–H groups in total. The maximum atomic E-state index is 12.9. The Morgan fingerprint density at radius 3 is 2.66 bits per heavy atom. The van der Waals surface area contributed by atoms with Gasteiger partial charge in [0.1, 0.15) is 17.3 Å². The SMILES string of the molecule is COc1cccc(C(=O)NC(C)c2nc3ccccc3n2CCCCOc2ccc(C)cc2C)c1. The number of benzene rings is 3. The average Bonchev–Trinajstić information content (AvgIpc) is 3.23. The average molecular weight is 472 g/mol. The Bertz CT molecular complexity index is 1310. The monoisotopic (exact) mass is 471 g/mol. The van der Waals surface area contributed by atoms with Crippen LogP contribution < -0.4 is 14.8 Å². The van der Waals surface area contributed by atoms with Crippen LogP contribution in [-0.2, 0) is 6.54 Å². The van der Waals surface area contributed by atoms with Crippen LogP contribution in [0.5, 0.6) is 11.5 Å². The molecule has 6 heteroatoms. The number of aryl methyl sites for hydroxylation is 3. The van der Waals surface area contributed by atoms with Gasteiger partial charge in [-0.3, -0.25) is 4.79 Å². The predicted octanol–water partition coefficient (Wildman–Crippen LogP) is 6.01. The molecule has 3 aromatic carbocycles. The van der Waals surface area contributed by atoms with Crippen molar-refractivity contribution in [1.29, 1.82) is 0 Å². The summed E-state index contributed by atoms with van der Waals surface area (Å²) in [6.07, 6.45) is 1.86. The van der Waals surface area contributed by atoms with Gasteiger partial charge in [-0.05, 0) is 75.6 Å². The van der Waals surface area contributed by atoms with Gasteiger partial charge in [0.05, 0.1) is 30.8 Å². The summed E-state index contributed by atoms with van der Waals surface area (Å²) in [6.45, 7) is 7.59. The zero-order valence-corrected chi connectivity index (χ0v) is 20.9. The maximum Gasteiger partial charge on any atom is 0.251 e. The number of hydrogen-bond donors (Lipinski definition) is 1. The highest BCUT2D eigenvalue weighted by Crippen LogP contribution is 2.23. The third-order valence-corrected chi connectivity index (χ3v) is 6.11. The van der Waals surface area contributed by atoms with Gasteiger partial charge in [-0.1, -0.05) is 35.9 Å². The van der Waals surface area contributed by atoms with Gasteiger partial charge >= 0.3 is 0 Å². The molecular weight excluding hydrogens is 438 g/mol. The molecule has 1 heterocycles.